The van der Waals surface area contributed by atoms with Gasteiger partial charge in [-0.15, -0.1) is 0 Å². The van der Waals surface area contributed by atoms with Crippen LogP contribution in [0, 0.1) is 6.92 Å². The molecule has 0 aromatic carbocycles. The molecule has 16 heavy (non-hydrogen) atoms. The molecule has 1 aromatic rings. The molecule has 92 valence electrons. The third kappa shape index (κ3) is 4.47. The largest absolute Gasteiger partial charge is 1.00 e. The highest BCUT2D eigenvalue weighted by Gasteiger charge is 2.09. The van der Waals surface area contributed by atoms with Crippen molar-refractivity contribution in [3.05, 3.63) is 29.6 Å². The first-order valence-electron chi connectivity index (χ1n) is 5.46. The standard InChI is InChI=1S/C12H20NO2.ClH/c1-3-15-10-6-12-5-4-7-13(8-9-14)11(12)2;/h4-5,7,14H,3,6,8-10H2,1-2H3;1H/q+1;/p-1. The summed E-state index contributed by atoms with van der Waals surface area (Å²) in [5.74, 6) is 0. The minimum atomic E-state index is 0. The molecule has 0 atom stereocenters. The van der Waals surface area contributed by atoms with Crippen LogP contribution in [0.25, 0.3) is 0 Å². The lowest BCUT2D eigenvalue weighted by atomic mass is 10.1. The van der Waals surface area contributed by atoms with Gasteiger partial charge < -0.3 is 22.3 Å². The Morgan fingerprint density at radius 1 is 1.44 bits per heavy atom. The number of hydrogen-bond donors (Lipinski definition) is 1. The van der Waals surface area contributed by atoms with Crippen LogP contribution in [0.3, 0.4) is 0 Å². The molecule has 0 bridgehead atoms. The Balaban J connectivity index is 0.00000225. The van der Waals surface area contributed by atoms with E-state index >= 15 is 0 Å². The van der Waals surface area contributed by atoms with E-state index in [4.69, 9.17) is 9.84 Å². The molecule has 1 aromatic heterocycles. The zero-order chi connectivity index (χ0) is 11.1. The third-order valence-corrected chi connectivity index (χ3v) is 2.52. The van der Waals surface area contributed by atoms with Gasteiger partial charge in [-0.05, 0) is 13.0 Å². The zero-order valence-electron chi connectivity index (χ0n) is 9.95. The van der Waals surface area contributed by atoms with Gasteiger partial charge in [0.05, 0.1) is 6.61 Å². The summed E-state index contributed by atoms with van der Waals surface area (Å²) in [6.45, 7) is 6.46. The van der Waals surface area contributed by atoms with E-state index in [-0.39, 0.29) is 19.0 Å². The van der Waals surface area contributed by atoms with E-state index < -0.39 is 0 Å². The van der Waals surface area contributed by atoms with Crippen LogP contribution in [0.5, 0.6) is 0 Å². The SMILES string of the molecule is CCOCCc1ccc[n+](CCO)c1C.[Cl-]. The molecule has 1 heterocycles. The average Bonchev–Trinajstić information content (AvgIpc) is 2.24. The van der Waals surface area contributed by atoms with E-state index in [0.717, 1.165) is 19.6 Å². The van der Waals surface area contributed by atoms with E-state index in [2.05, 4.69) is 17.6 Å². The number of nitrogens with zero attached hydrogens (tertiary/aromatic N) is 1. The van der Waals surface area contributed by atoms with Crippen LogP contribution in [-0.4, -0.2) is 24.9 Å². The van der Waals surface area contributed by atoms with E-state index in [9.17, 15) is 0 Å². The normalized spacial score (nSPS) is 9.94. The van der Waals surface area contributed by atoms with Gasteiger partial charge in [-0.1, -0.05) is 0 Å². The van der Waals surface area contributed by atoms with Crippen LogP contribution in [0.2, 0.25) is 0 Å². The van der Waals surface area contributed by atoms with Crippen LogP contribution in [-0.2, 0) is 17.7 Å². The molecule has 4 heteroatoms. The molecule has 1 rings (SSSR count). The fourth-order valence-electron chi connectivity index (χ4n) is 1.62. The third-order valence-electron chi connectivity index (χ3n) is 2.52. The summed E-state index contributed by atoms with van der Waals surface area (Å²) < 4.78 is 7.40. The van der Waals surface area contributed by atoms with Crippen molar-refractivity contribution < 1.29 is 26.8 Å². The molecule has 0 aliphatic carbocycles. The predicted molar refractivity (Wildman–Crippen MR) is 58.7 cm³/mol. The molecular formula is C12H20ClNO2. The monoisotopic (exact) mass is 245 g/mol. The Hall–Kier alpha value is -0.640. The highest BCUT2D eigenvalue weighted by molar-refractivity contribution is 5.14. The number of hydrogen-bond acceptors (Lipinski definition) is 2. The molecular weight excluding hydrogens is 226 g/mol. The fraction of sp³-hybridized carbons (Fsp3) is 0.583. The van der Waals surface area contributed by atoms with Crippen molar-refractivity contribution in [2.24, 2.45) is 0 Å². The number of aliphatic hydroxyl groups excluding tert-OH is 1. The van der Waals surface area contributed by atoms with Gasteiger partial charge in [0.2, 0.25) is 0 Å². The first-order chi connectivity index (χ1) is 7.29. The van der Waals surface area contributed by atoms with E-state index in [0.29, 0.717) is 6.54 Å². The number of halogens is 1. The Bertz CT molecular complexity index is 305. The van der Waals surface area contributed by atoms with Gasteiger partial charge in [-0.25, -0.2) is 4.57 Å². The topological polar surface area (TPSA) is 33.3 Å². The highest BCUT2D eigenvalue weighted by atomic mass is 35.5. The molecule has 0 radical (unpaired) electrons. The first-order valence-corrected chi connectivity index (χ1v) is 5.46. The summed E-state index contributed by atoms with van der Waals surface area (Å²) in [6, 6.07) is 4.13. The van der Waals surface area contributed by atoms with Gasteiger partial charge in [-0.3, -0.25) is 0 Å². The second-order valence-electron chi connectivity index (χ2n) is 3.48. The molecule has 0 spiro atoms. The predicted octanol–water partition coefficient (Wildman–Crippen LogP) is -2.14. The zero-order valence-corrected chi connectivity index (χ0v) is 10.7. The van der Waals surface area contributed by atoms with Crippen LogP contribution in [0.4, 0.5) is 0 Å². The van der Waals surface area contributed by atoms with Crippen molar-refractivity contribution in [2.45, 2.75) is 26.8 Å². The fourth-order valence-corrected chi connectivity index (χ4v) is 1.62. The minimum Gasteiger partial charge on any atom is -1.00 e. The summed E-state index contributed by atoms with van der Waals surface area (Å²) in [7, 11) is 0. The Morgan fingerprint density at radius 3 is 2.81 bits per heavy atom. The second kappa shape index (κ2) is 8.50. The number of rotatable bonds is 6. The molecule has 0 saturated heterocycles. The summed E-state index contributed by atoms with van der Waals surface area (Å²) in [4.78, 5) is 0. The van der Waals surface area contributed by atoms with Crippen molar-refractivity contribution in [3.63, 3.8) is 0 Å². The van der Waals surface area contributed by atoms with E-state index in [1.165, 1.54) is 11.3 Å². The second-order valence-corrected chi connectivity index (χ2v) is 3.48. The van der Waals surface area contributed by atoms with Gasteiger partial charge in [-0.2, -0.15) is 0 Å². The highest BCUT2D eigenvalue weighted by Crippen LogP contribution is 2.03. The van der Waals surface area contributed by atoms with Crippen molar-refractivity contribution in [1.82, 2.24) is 0 Å². The molecule has 3 nitrogen and oxygen atoms in total. The quantitative estimate of drug-likeness (QED) is 0.459. The van der Waals surface area contributed by atoms with Crippen molar-refractivity contribution in [2.75, 3.05) is 19.8 Å². The lowest BCUT2D eigenvalue weighted by molar-refractivity contribution is -0.704. The van der Waals surface area contributed by atoms with E-state index in [1.54, 1.807) is 0 Å². The first kappa shape index (κ1) is 15.4. The number of ether oxygens (including phenoxy) is 1. The lowest BCUT2D eigenvalue weighted by Gasteiger charge is -2.05. The lowest BCUT2D eigenvalue weighted by Crippen LogP contribution is -3.00. The number of aromatic nitrogens is 1. The average molecular weight is 246 g/mol. The maximum absolute atomic E-state index is 8.90. The van der Waals surface area contributed by atoms with Crippen LogP contribution in [0.1, 0.15) is 18.2 Å². The molecule has 0 saturated carbocycles. The maximum atomic E-state index is 8.90. The molecule has 0 amide bonds. The maximum Gasteiger partial charge on any atom is 0.181 e. The van der Waals surface area contributed by atoms with Crippen LogP contribution < -0.4 is 17.0 Å². The molecule has 0 aliphatic heterocycles. The molecule has 1 N–H and O–H groups in total. The van der Waals surface area contributed by atoms with Gasteiger partial charge in [0.15, 0.2) is 18.4 Å². The summed E-state index contributed by atoms with van der Waals surface area (Å²) in [5.41, 5.74) is 2.51. The Kier molecular flexibility index (Phi) is 8.16. The van der Waals surface area contributed by atoms with Gasteiger partial charge in [0, 0.05) is 31.6 Å². The summed E-state index contributed by atoms with van der Waals surface area (Å²) in [6.07, 6.45) is 2.93. The van der Waals surface area contributed by atoms with Crippen molar-refractivity contribution in [3.8, 4) is 0 Å². The van der Waals surface area contributed by atoms with Crippen LogP contribution in [0.15, 0.2) is 18.3 Å². The Morgan fingerprint density at radius 2 is 2.19 bits per heavy atom. The molecule has 0 aliphatic rings. The number of aliphatic hydroxyl groups is 1. The molecule has 0 unspecified atom stereocenters. The summed E-state index contributed by atoms with van der Waals surface area (Å²) in [5, 5.41) is 8.90. The van der Waals surface area contributed by atoms with Crippen molar-refractivity contribution >= 4 is 0 Å². The molecule has 0 fully saturated rings. The van der Waals surface area contributed by atoms with Gasteiger partial charge in [0.1, 0.15) is 6.61 Å². The number of pyridine rings is 1. The minimum absolute atomic E-state index is 0. The van der Waals surface area contributed by atoms with Crippen LogP contribution >= 0.6 is 0 Å². The summed E-state index contributed by atoms with van der Waals surface area (Å²) >= 11 is 0. The Labute approximate surface area is 103 Å². The van der Waals surface area contributed by atoms with Gasteiger partial charge in [0.25, 0.3) is 0 Å². The van der Waals surface area contributed by atoms with E-state index in [1.807, 2.05) is 19.2 Å². The van der Waals surface area contributed by atoms with Crippen molar-refractivity contribution in [1.29, 1.82) is 0 Å². The van der Waals surface area contributed by atoms with Gasteiger partial charge >= 0.3 is 0 Å². The smallest absolute Gasteiger partial charge is 0.181 e.